The van der Waals surface area contributed by atoms with Crippen LogP contribution in [0, 0.1) is 10.8 Å². The highest BCUT2D eigenvalue weighted by Crippen LogP contribution is 2.69. The molecule has 1 amide bonds. The SMILES string of the molecule is COC(=O)[C@]1(O)O[C@@H]2C[C@]13CC(=O)C=C3[C@]1(C)CNC(=O)[C@]21O. The molecule has 1 saturated carbocycles. The standard InChI is InChI=1S/C15H17NO7/c1-12-6-16-10(18)14(12,20)9-5-13(4-7(17)3-8(12)13)15(21,23-9)11(19)22-2/h3,9,20-21H,4-6H2,1-2H3,(H,16,18)/t9-,12+,13+,14-,15+/m1/s1. The number of ether oxygens (including phenoxy) is 2. The van der Waals surface area contributed by atoms with E-state index in [2.05, 4.69) is 10.1 Å². The summed E-state index contributed by atoms with van der Waals surface area (Å²) in [5.74, 6) is -4.34. The highest BCUT2D eigenvalue weighted by Gasteiger charge is 2.82. The molecule has 0 aromatic heterocycles. The largest absolute Gasteiger partial charge is 0.465 e. The van der Waals surface area contributed by atoms with E-state index in [1.807, 2.05) is 0 Å². The van der Waals surface area contributed by atoms with Crippen molar-refractivity contribution in [3.8, 4) is 0 Å². The first-order valence-corrected chi connectivity index (χ1v) is 7.40. The third kappa shape index (κ3) is 1.25. The fraction of sp³-hybridized carbons (Fsp3) is 0.667. The van der Waals surface area contributed by atoms with E-state index in [0.29, 0.717) is 5.57 Å². The molecule has 0 radical (unpaired) electrons. The quantitative estimate of drug-likeness (QED) is 0.497. The first-order chi connectivity index (χ1) is 10.7. The van der Waals surface area contributed by atoms with Crippen LogP contribution in [0.3, 0.4) is 0 Å². The van der Waals surface area contributed by atoms with Crippen molar-refractivity contribution in [1.29, 1.82) is 0 Å². The fourth-order valence-electron chi connectivity index (χ4n) is 4.92. The Labute approximate surface area is 131 Å². The Morgan fingerprint density at radius 2 is 2.13 bits per heavy atom. The van der Waals surface area contributed by atoms with E-state index >= 15 is 0 Å². The molecular formula is C15H17NO7. The number of rotatable bonds is 1. The maximum atomic E-state index is 12.3. The lowest BCUT2D eigenvalue weighted by Gasteiger charge is -2.49. The van der Waals surface area contributed by atoms with Gasteiger partial charge in [-0.05, 0) is 18.1 Å². The first-order valence-electron chi connectivity index (χ1n) is 7.40. The van der Waals surface area contributed by atoms with Gasteiger partial charge in [-0.3, -0.25) is 9.59 Å². The Morgan fingerprint density at radius 3 is 2.78 bits per heavy atom. The lowest BCUT2D eigenvalue weighted by Crippen LogP contribution is -2.62. The Balaban J connectivity index is 2.00. The van der Waals surface area contributed by atoms with Gasteiger partial charge in [0, 0.05) is 18.4 Å². The number of carbonyl (C=O) groups is 3. The Hall–Kier alpha value is -1.77. The molecule has 3 fully saturated rings. The summed E-state index contributed by atoms with van der Waals surface area (Å²) in [6.07, 6.45) is 0.0893. The number of aliphatic hydroxyl groups is 2. The minimum absolute atomic E-state index is 0.00428. The molecule has 4 rings (SSSR count). The van der Waals surface area contributed by atoms with E-state index < -0.39 is 40.2 Å². The number of hydrogen-bond acceptors (Lipinski definition) is 7. The summed E-state index contributed by atoms with van der Waals surface area (Å²) in [5.41, 5.74) is -4.03. The number of allylic oxidation sites excluding steroid dienone is 1. The van der Waals surface area contributed by atoms with Gasteiger partial charge in [-0.1, -0.05) is 6.92 Å². The molecule has 5 atom stereocenters. The topological polar surface area (TPSA) is 122 Å². The van der Waals surface area contributed by atoms with E-state index in [0.717, 1.165) is 7.11 Å². The first kappa shape index (κ1) is 14.8. The Morgan fingerprint density at radius 1 is 1.43 bits per heavy atom. The molecule has 1 spiro atoms. The Bertz CT molecular complexity index is 702. The summed E-state index contributed by atoms with van der Waals surface area (Å²) in [7, 11) is 1.10. The van der Waals surface area contributed by atoms with Crippen molar-refractivity contribution in [2.24, 2.45) is 10.8 Å². The minimum atomic E-state index is -2.40. The predicted molar refractivity (Wildman–Crippen MR) is 72.7 cm³/mol. The van der Waals surface area contributed by atoms with Crippen LogP contribution in [0.4, 0.5) is 0 Å². The van der Waals surface area contributed by atoms with E-state index in [-0.39, 0.29) is 25.2 Å². The number of hydrogen-bond donors (Lipinski definition) is 3. The molecule has 23 heavy (non-hydrogen) atoms. The van der Waals surface area contributed by atoms with Gasteiger partial charge < -0.3 is 25.0 Å². The average molecular weight is 323 g/mol. The Kier molecular flexibility index (Phi) is 2.46. The average Bonchev–Trinajstić information content (AvgIpc) is 3.08. The fourth-order valence-corrected chi connectivity index (χ4v) is 4.92. The van der Waals surface area contributed by atoms with Gasteiger partial charge >= 0.3 is 5.97 Å². The second-order valence-corrected chi connectivity index (χ2v) is 7.01. The van der Waals surface area contributed by atoms with Crippen molar-refractivity contribution < 1.29 is 34.1 Å². The number of esters is 1. The van der Waals surface area contributed by atoms with Crippen molar-refractivity contribution in [3.05, 3.63) is 11.6 Å². The molecule has 0 aromatic carbocycles. The van der Waals surface area contributed by atoms with Crippen LogP contribution in [-0.4, -0.2) is 59.0 Å². The number of methoxy groups -OCH3 is 1. The van der Waals surface area contributed by atoms with Crippen molar-refractivity contribution in [1.82, 2.24) is 5.32 Å². The summed E-state index contributed by atoms with van der Waals surface area (Å²) in [6, 6.07) is 0. The van der Waals surface area contributed by atoms with Gasteiger partial charge in [0.2, 0.25) is 0 Å². The second-order valence-electron chi connectivity index (χ2n) is 7.01. The summed E-state index contributed by atoms with van der Waals surface area (Å²) < 4.78 is 10.2. The highest BCUT2D eigenvalue weighted by molar-refractivity contribution is 6.00. The molecule has 2 bridgehead atoms. The van der Waals surface area contributed by atoms with Gasteiger partial charge in [0.15, 0.2) is 11.4 Å². The lowest BCUT2D eigenvalue weighted by molar-refractivity contribution is -0.249. The molecular weight excluding hydrogens is 306 g/mol. The maximum absolute atomic E-state index is 12.3. The molecule has 0 unspecified atom stereocenters. The second kappa shape index (κ2) is 3.82. The maximum Gasteiger partial charge on any atom is 0.367 e. The molecule has 4 aliphatic rings. The molecule has 8 heteroatoms. The van der Waals surface area contributed by atoms with Gasteiger partial charge in [0.25, 0.3) is 11.7 Å². The summed E-state index contributed by atoms with van der Waals surface area (Å²) >= 11 is 0. The molecule has 2 aliphatic carbocycles. The molecule has 3 N–H and O–H groups in total. The van der Waals surface area contributed by atoms with Gasteiger partial charge in [-0.2, -0.15) is 0 Å². The van der Waals surface area contributed by atoms with E-state index in [9.17, 15) is 24.6 Å². The van der Waals surface area contributed by atoms with Crippen LogP contribution in [0.2, 0.25) is 0 Å². The van der Waals surface area contributed by atoms with Crippen LogP contribution in [0.5, 0.6) is 0 Å². The summed E-state index contributed by atoms with van der Waals surface area (Å²) in [6.45, 7) is 1.74. The van der Waals surface area contributed by atoms with Gasteiger partial charge in [0.1, 0.15) is 6.10 Å². The van der Waals surface area contributed by atoms with Crippen molar-refractivity contribution in [2.75, 3.05) is 13.7 Å². The van der Waals surface area contributed by atoms with E-state index in [1.54, 1.807) is 6.92 Å². The number of fused-ring (bicyclic) bond motifs is 4. The summed E-state index contributed by atoms with van der Waals surface area (Å²) in [5, 5.41) is 24.6. The molecule has 124 valence electrons. The van der Waals surface area contributed by atoms with Crippen molar-refractivity contribution in [2.45, 2.75) is 37.3 Å². The smallest absolute Gasteiger partial charge is 0.367 e. The highest BCUT2D eigenvalue weighted by atomic mass is 16.7. The zero-order chi connectivity index (χ0) is 16.8. The number of ketones is 1. The zero-order valence-electron chi connectivity index (χ0n) is 12.7. The van der Waals surface area contributed by atoms with Crippen LogP contribution in [0.25, 0.3) is 0 Å². The van der Waals surface area contributed by atoms with Crippen LogP contribution >= 0.6 is 0 Å². The van der Waals surface area contributed by atoms with Crippen LogP contribution in [0.15, 0.2) is 11.6 Å². The van der Waals surface area contributed by atoms with Crippen molar-refractivity contribution in [3.63, 3.8) is 0 Å². The molecule has 2 aliphatic heterocycles. The molecule has 2 heterocycles. The zero-order valence-corrected chi connectivity index (χ0v) is 12.7. The van der Waals surface area contributed by atoms with E-state index in [4.69, 9.17) is 4.74 Å². The lowest BCUT2D eigenvalue weighted by atomic mass is 9.53. The summed E-state index contributed by atoms with van der Waals surface area (Å²) in [4.78, 5) is 36.6. The van der Waals surface area contributed by atoms with E-state index in [1.165, 1.54) is 6.08 Å². The number of carbonyl (C=O) groups excluding carboxylic acids is 3. The van der Waals surface area contributed by atoms with Crippen LogP contribution in [-0.2, 0) is 23.9 Å². The van der Waals surface area contributed by atoms with Gasteiger partial charge in [0.05, 0.1) is 12.5 Å². The molecule has 0 aromatic rings. The van der Waals surface area contributed by atoms with Gasteiger partial charge in [-0.15, -0.1) is 0 Å². The monoisotopic (exact) mass is 323 g/mol. The third-order valence-corrected chi connectivity index (χ3v) is 6.10. The normalized spacial score (nSPS) is 50.3. The van der Waals surface area contributed by atoms with Crippen LogP contribution in [0.1, 0.15) is 19.8 Å². The minimum Gasteiger partial charge on any atom is -0.465 e. The molecule has 8 nitrogen and oxygen atoms in total. The van der Waals surface area contributed by atoms with Crippen LogP contribution < -0.4 is 5.32 Å². The predicted octanol–water partition coefficient (Wildman–Crippen LogP) is -1.60. The third-order valence-electron chi connectivity index (χ3n) is 6.10. The van der Waals surface area contributed by atoms with Gasteiger partial charge in [-0.25, -0.2) is 4.79 Å². The molecule has 2 saturated heterocycles. The number of amides is 1. The number of nitrogens with one attached hydrogen (secondary N) is 1. The van der Waals surface area contributed by atoms with Crippen molar-refractivity contribution >= 4 is 17.7 Å².